The number of aliphatic carboxylic acids is 2. The molecule has 2 saturated heterocycles. The highest BCUT2D eigenvalue weighted by atomic mass is 19.4. The number of benzene rings is 2. The Kier molecular flexibility index (Phi) is 15.7. The van der Waals surface area contributed by atoms with Gasteiger partial charge in [0.25, 0.3) is 0 Å². The number of ether oxygens (including phenoxy) is 2. The number of piperidine rings is 1. The second-order valence-electron chi connectivity index (χ2n) is 13.1. The van der Waals surface area contributed by atoms with E-state index in [0.717, 1.165) is 75.4 Å². The Labute approximate surface area is 306 Å². The van der Waals surface area contributed by atoms with E-state index in [9.17, 15) is 39.9 Å². The van der Waals surface area contributed by atoms with E-state index < -0.39 is 42.0 Å². The van der Waals surface area contributed by atoms with Gasteiger partial charge in [0.2, 0.25) is 0 Å². The van der Waals surface area contributed by atoms with Crippen molar-refractivity contribution in [3.63, 3.8) is 0 Å². The summed E-state index contributed by atoms with van der Waals surface area (Å²) < 4.78 is 102. The van der Waals surface area contributed by atoms with Gasteiger partial charge in [0.1, 0.15) is 0 Å². The molecule has 5 rings (SSSR count). The van der Waals surface area contributed by atoms with Gasteiger partial charge < -0.3 is 35.2 Å². The predicted molar refractivity (Wildman–Crippen MR) is 180 cm³/mol. The molecule has 3 fully saturated rings. The largest absolute Gasteiger partial charge is 0.493 e. The molecule has 302 valence electrons. The number of carboxylic acids is 2. The SMILES string of the molecule is COc1ccc(C23CCC(NC(=O)Nc4ccc(F)c(F)c4)CC2N(CCCN2CCCCC2)CC3)cc1OC.O=C(O)C(F)(F)F.O=C(O)C(F)(F)F. The average molecular weight is 785 g/mol. The average Bonchev–Trinajstić information content (AvgIpc) is 3.48. The predicted octanol–water partition coefficient (Wildman–Crippen LogP) is 6.81. The minimum Gasteiger partial charge on any atom is -0.493 e. The van der Waals surface area contributed by atoms with Gasteiger partial charge in [0.15, 0.2) is 23.1 Å². The lowest BCUT2D eigenvalue weighted by Crippen LogP contribution is -2.53. The summed E-state index contributed by atoms with van der Waals surface area (Å²) in [6.07, 6.45) is -1.44. The molecule has 1 aliphatic carbocycles. The van der Waals surface area contributed by atoms with E-state index in [0.29, 0.717) is 0 Å². The third-order valence-electron chi connectivity index (χ3n) is 9.69. The summed E-state index contributed by atoms with van der Waals surface area (Å²) in [4.78, 5) is 35.8. The molecule has 4 N–H and O–H groups in total. The van der Waals surface area contributed by atoms with E-state index in [-0.39, 0.29) is 23.2 Å². The Morgan fingerprint density at radius 1 is 0.815 bits per heavy atom. The molecule has 3 unspecified atom stereocenters. The monoisotopic (exact) mass is 784 g/mol. The smallest absolute Gasteiger partial charge is 0.490 e. The molecular weight excluding hydrogens is 740 g/mol. The number of anilines is 1. The summed E-state index contributed by atoms with van der Waals surface area (Å²) >= 11 is 0. The zero-order chi connectivity index (χ0) is 40.3. The van der Waals surface area contributed by atoms with E-state index in [1.807, 2.05) is 6.07 Å². The zero-order valence-electron chi connectivity index (χ0n) is 29.7. The number of carboxylic acid groups (broad SMARTS) is 2. The van der Waals surface area contributed by atoms with Gasteiger partial charge in [-0.2, -0.15) is 26.3 Å². The van der Waals surface area contributed by atoms with Crippen molar-refractivity contribution in [2.45, 2.75) is 81.2 Å². The van der Waals surface area contributed by atoms with E-state index in [2.05, 4.69) is 32.6 Å². The number of halogens is 8. The van der Waals surface area contributed by atoms with Gasteiger partial charge in [-0.25, -0.2) is 23.2 Å². The van der Waals surface area contributed by atoms with Crippen molar-refractivity contribution in [3.05, 3.63) is 53.6 Å². The molecule has 2 aromatic rings. The van der Waals surface area contributed by atoms with Crippen molar-refractivity contribution in [2.24, 2.45) is 0 Å². The molecule has 2 aliphatic heterocycles. The van der Waals surface area contributed by atoms with Crippen LogP contribution in [0.5, 0.6) is 11.5 Å². The Morgan fingerprint density at radius 2 is 1.43 bits per heavy atom. The van der Waals surface area contributed by atoms with Crippen LogP contribution in [-0.2, 0) is 15.0 Å². The van der Waals surface area contributed by atoms with E-state index >= 15 is 0 Å². The lowest BCUT2D eigenvalue weighted by molar-refractivity contribution is -0.193. The summed E-state index contributed by atoms with van der Waals surface area (Å²) in [5.74, 6) is -5.98. The van der Waals surface area contributed by atoms with Crippen LogP contribution in [0, 0.1) is 11.6 Å². The number of carbonyl (C=O) groups is 3. The minimum absolute atomic E-state index is 0.0220. The van der Waals surface area contributed by atoms with Crippen LogP contribution < -0.4 is 20.1 Å². The molecule has 0 aromatic heterocycles. The number of carbonyl (C=O) groups excluding carboxylic acids is 1. The molecule has 2 heterocycles. The van der Waals surface area contributed by atoms with E-state index in [1.165, 1.54) is 44.0 Å². The van der Waals surface area contributed by atoms with Crippen LogP contribution in [0.25, 0.3) is 0 Å². The van der Waals surface area contributed by atoms with Gasteiger partial charge in [-0.15, -0.1) is 0 Å². The maximum Gasteiger partial charge on any atom is 0.490 e. The number of hydrogen-bond donors (Lipinski definition) is 4. The number of amides is 2. The van der Waals surface area contributed by atoms with Crippen LogP contribution in [0.2, 0.25) is 0 Å². The lowest BCUT2D eigenvalue weighted by atomic mass is 9.65. The van der Waals surface area contributed by atoms with Crippen LogP contribution in [0.1, 0.15) is 56.9 Å². The highest BCUT2D eigenvalue weighted by Gasteiger charge is 2.51. The normalized spacial score (nSPS) is 21.7. The summed E-state index contributed by atoms with van der Waals surface area (Å²) in [6.45, 7) is 5.60. The molecular formula is C35H44F8N4O7. The van der Waals surface area contributed by atoms with E-state index in [1.54, 1.807) is 14.2 Å². The second-order valence-corrected chi connectivity index (χ2v) is 13.1. The second kappa shape index (κ2) is 19.3. The summed E-state index contributed by atoms with van der Waals surface area (Å²) in [5.41, 5.74) is 1.46. The first kappa shape index (κ1) is 44.0. The molecule has 54 heavy (non-hydrogen) atoms. The van der Waals surface area contributed by atoms with Crippen LogP contribution in [0.4, 0.5) is 45.6 Å². The van der Waals surface area contributed by atoms with Crippen LogP contribution in [0.15, 0.2) is 36.4 Å². The third kappa shape index (κ3) is 12.3. The van der Waals surface area contributed by atoms with Gasteiger partial charge in [0.05, 0.1) is 14.2 Å². The number of nitrogens with zero attached hydrogens (tertiary/aromatic N) is 2. The molecule has 2 amide bonds. The zero-order valence-corrected chi connectivity index (χ0v) is 29.7. The minimum atomic E-state index is -5.08. The summed E-state index contributed by atoms with van der Waals surface area (Å²) in [7, 11) is 3.32. The lowest BCUT2D eigenvalue weighted by Gasteiger charge is -2.45. The number of rotatable bonds is 9. The number of urea groups is 1. The van der Waals surface area contributed by atoms with Gasteiger partial charge >= 0.3 is 30.3 Å². The molecule has 3 aliphatic rings. The molecule has 2 aromatic carbocycles. The number of likely N-dealkylation sites (tertiary alicyclic amines) is 2. The number of methoxy groups -OCH3 is 2. The first-order valence-electron chi connectivity index (χ1n) is 17.1. The fourth-order valence-corrected chi connectivity index (χ4v) is 7.13. The Hall–Kier alpha value is -4.39. The highest BCUT2D eigenvalue weighted by Crippen LogP contribution is 2.50. The number of alkyl halides is 6. The van der Waals surface area contributed by atoms with Gasteiger partial charge in [-0.1, -0.05) is 12.5 Å². The molecule has 1 saturated carbocycles. The first-order valence-corrected chi connectivity index (χ1v) is 17.1. The van der Waals surface area contributed by atoms with Crippen molar-refractivity contribution < 1.29 is 69.2 Å². The maximum absolute atomic E-state index is 13.6. The van der Waals surface area contributed by atoms with Crippen molar-refractivity contribution >= 4 is 23.7 Å². The fraction of sp³-hybridized carbons (Fsp3) is 0.571. The Morgan fingerprint density at radius 3 is 1.98 bits per heavy atom. The topological polar surface area (TPSA) is 141 Å². The first-order chi connectivity index (χ1) is 25.3. The van der Waals surface area contributed by atoms with Crippen LogP contribution in [-0.4, -0.2) is 109 Å². The van der Waals surface area contributed by atoms with Crippen molar-refractivity contribution in [3.8, 4) is 11.5 Å². The molecule has 0 bridgehead atoms. The van der Waals surface area contributed by atoms with Crippen LogP contribution >= 0.6 is 0 Å². The molecule has 11 nitrogen and oxygen atoms in total. The molecule has 0 radical (unpaired) electrons. The van der Waals surface area contributed by atoms with Crippen molar-refractivity contribution in [1.82, 2.24) is 15.1 Å². The number of hydrogen-bond acceptors (Lipinski definition) is 7. The van der Waals surface area contributed by atoms with Gasteiger partial charge in [0, 0.05) is 29.3 Å². The summed E-state index contributed by atoms with van der Waals surface area (Å²) in [5, 5.41) is 20.0. The van der Waals surface area contributed by atoms with Crippen molar-refractivity contribution in [2.75, 3.05) is 52.3 Å². The van der Waals surface area contributed by atoms with E-state index in [4.69, 9.17) is 29.3 Å². The Bertz CT molecular complexity index is 1550. The summed E-state index contributed by atoms with van der Waals surface area (Å²) in [6, 6.07) is 9.54. The molecule has 19 heteroatoms. The number of nitrogens with one attached hydrogen (secondary N) is 2. The molecule has 0 spiro atoms. The fourth-order valence-electron chi connectivity index (χ4n) is 7.13. The third-order valence-corrected chi connectivity index (χ3v) is 9.69. The van der Waals surface area contributed by atoms with Gasteiger partial charge in [-0.05, 0) is 107 Å². The quantitative estimate of drug-likeness (QED) is 0.202. The standard InChI is InChI=1S/C31H42F2N4O3.2C2HF3O2/c1-39-27-10-7-22(19-28(27)40-2)31-12-11-24(35-30(38)34-23-8-9-25(32)26(33)20-23)21-29(31)37(18-13-31)17-6-16-36-14-4-3-5-15-36;2*3-2(4,5)1(6)7/h7-10,19-20,24,29H,3-6,11-18,21H2,1-2H3,(H2,34,35,38);2*(H,6,7). The number of fused-ring (bicyclic) bond motifs is 1. The highest BCUT2D eigenvalue weighted by molar-refractivity contribution is 5.89. The molecule has 3 atom stereocenters. The maximum atomic E-state index is 13.6. The van der Waals surface area contributed by atoms with Crippen LogP contribution in [0.3, 0.4) is 0 Å². The van der Waals surface area contributed by atoms with Gasteiger partial charge in [-0.3, -0.25) is 4.90 Å². The van der Waals surface area contributed by atoms with Crippen molar-refractivity contribution in [1.29, 1.82) is 0 Å². The Balaban J connectivity index is 0.000000476.